The number of rotatable bonds is 15. The van der Waals surface area contributed by atoms with Crippen molar-refractivity contribution in [2.24, 2.45) is 0 Å². The number of hydrogen-bond donors (Lipinski definition) is 4. The van der Waals surface area contributed by atoms with E-state index in [1.165, 1.54) is 27.6 Å². The monoisotopic (exact) mass is 588 g/mol. The average Bonchev–Trinajstić information content (AvgIpc) is 3.65. The molecule has 11 nitrogen and oxygen atoms in total. The van der Waals surface area contributed by atoms with Crippen molar-refractivity contribution in [1.29, 1.82) is 0 Å². The highest BCUT2D eigenvalue weighted by Crippen LogP contribution is 2.12. The summed E-state index contributed by atoms with van der Waals surface area (Å²) in [5.74, 6) is -0.377. The molecule has 0 aliphatic heterocycles. The molecule has 4 N–H and O–H groups in total. The van der Waals surface area contributed by atoms with Crippen molar-refractivity contribution in [3.8, 4) is 0 Å². The van der Waals surface area contributed by atoms with Crippen molar-refractivity contribution in [2.75, 3.05) is 13.7 Å². The molecule has 2 heterocycles. The van der Waals surface area contributed by atoms with Crippen LogP contribution in [0.3, 0.4) is 0 Å². The summed E-state index contributed by atoms with van der Waals surface area (Å²) in [6.45, 7) is 2.13. The lowest BCUT2D eigenvalue weighted by Gasteiger charge is -2.25. The summed E-state index contributed by atoms with van der Waals surface area (Å²) in [6, 6.07) is 8.06. The topological polar surface area (TPSA) is 146 Å². The molecule has 0 saturated carbocycles. The summed E-state index contributed by atoms with van der Waals surface area (Å²) < 4.78 is 5.35. The Kier molecular flexibility index (Phi) is 12.8. The number of urea groups is 1. The van der Waals surface area contributed by atoms with E-state index in [1.807, 2.05) is 37.3 Å². The van der Waals surface area contributed by atoms with E-state index in [4.69, 9.17) is 4.74 Å². The molecule has 40 heavy (non-hydrogen) atoms. The minimum atomic E-state index is -0.885. The molecule has 4 amide bonds. The highest BCUT2D eigenvalue weighted by atomic mass is 32.1. The maximum Gasteiger partial charge on any atom is 0.407 e. The number of ether oxygens (including phenoxy) is 1. The molecule has 0 fully saturated rings. The molecule has 2 aromatic heterocycles. The molecule has 0 aliphatic rings. The van der Waals surface area contributed by atoms with E-state index in [-0.39, 0.29) is 37.6 Å². The molecule has 3 aromatic rings. The molecular weight excluding hydrogens is 552 g/mol. The molecule has 0 radical (unpaired) electrons. The van der Waals surface area contributed by atoms with Gasteiger partial charge in [0, 0.05) is 43.0 Å². The van der Waals surface area contributed by atoms with E-state index >= 15 is 0 Å². The second-order valence-corrected chi connectivity index (χ2v) is 11.3. The molecule has 0 saturated heterocycles. The molecular formula is C27H36N6O5S2. The van der Waals surface area contributed by atoms with Gasteiger partial charge in [0.2, 0.25) is 5.91 Å². The van der Waals surface area contributed by atoms with Crippen LogP contribution in [0.5, 0.6) is 0 Å². The lowest BCUT2D eigenvalue weighted by Crippen LogP contribution is -2.52. The van der Waals surface area contributed by atoms with Crippen molar-refractivity contribution < 1.29 is 24.2 Å². The van der Waals surface area contributed by atoms with Gasteiger partial charge in [0.15, 0.2) is 0 Å². The summed E-state index contributed by atoms with van der Waals surface area (Å²) in [6.07, 6.45) is 4.68. The summed E-state index contributed by atoms with van der Waals surface area (Å²) >= 11 is 2.85. The number of carbonyl (C=O) groups is 3. The fraction of sp³-hybridized carbons (Fsp3) is 0.444. The number of benzene rings is 1. The first-order valence-electron chi connectivity index (χ1n) is 13.0. The Bertz CT molecular complexity index is 1160. The largest absolute Gasteiger partial charge is 0.444 e. The Morgan fingerprint density at radius 1 is 0.975 bits per heavy atom. The van der Waals surface area contributed by atoms with Gasteiger partial charge < -0.3 is 30.7 Å². The van der Waals surface area contributed by atoms with Crippen molar-refractivity contribution in [3.05, 3.63) is 69.1 Å². The van der Waals surface area contributed by atoms with Gasteiger partial charge in [0.1, 0.15) is 12.6 Å². The van der Waals surface area contributed by atoms with Crippen LogP contribution in [-0.2, 0) is 29.1 Å². The van der Waals surface area contributed by atoms with Crippen molar-refractivity contribution >= 4 is 40.7 Å². The van der Waals surface area contributed by atoms with Crippen LogP contribution in [0, 0.1) is 0 Å². The number of carbonyl (C=O) groups excluding carboxylic acids is 3. The molecule has 216 valence electrons. The number of aliphatic hydroxyl groups excluding tert-OH is 1. The molecule has 0 bridgehead atoms. The van der Waals surface area contributed by atoms with Gasteiger partial charge in [-0.1, -0.05) is 30.3 Å². The number of alkyl carbamates (subject to hydrolysis) is 1. The quantitative estimate of drug-likeness (QED) is 0.213. The van der Waals surface area contributed by atoms with Crippen LogP contribution >= 0.6 is 22.7 Å². The smallest absolute Gasteiger partial charge is 0.407 e. The van der Waals surface area contributed by atoms with Crippen molar-refractivity contribution in [3.63, 3.8) is 0 Å². The molecule has 13 heteroatoms. The first-order valence-corrected chi connectivity index (χ1v) is 14.7. The zero-order chi connectivity index (χ0) is 28.7. The first kappa shape index (κ1) is 31.0. The first-order chi connectivity index (χ1) is 19.3. The van der Waals surface area contributed by atoms with Crippen molar-refractivity contribution in [2.45, 2.75) is 63.9 Å². The highest BCUT2D eigenvalue weighted by molar-refractivity contribution is 7.09. The highest BCUT2D eigenvalue weighted by Gasteiger charge is 2.24. The van der Waals surface area contributed by atoms with Crippen LogP contribution in [0.1, 0.15) is 41.5 Å². The second kappa shape index (κ2) is 16.5. The predicted molar refractivity (Wildman–Crippen MR) is 154 cm³/mol. The fourth-order valence-corrected chi connectivity index (χ4v) is 5.08. The maximum atomic E-state index is 13.0. The standard InChI is InChI=1S/C27H36N6O5S2/c1-19(30-25(35)24(10-11-34)32-26(36)33(2)15-22-13-28-17-39-22)8-9-21(12-20-6-4-3-5-7-20)31-27(37)38-16-23-14-29-18-40-23/h3-7,13-14,17-19,21,24,34H,8-12,15-16H2,1-2H3,(H,30,35)(H,31,37)(H,32,36)/t19-,21+,24-/m0/s1. The number of aromatic nitrogens is 2. The van der Waals surface area contributed by atoms with Crippen LogP contribution in [0.4, 0.5) is 9.59 Å². The second-order valence-electron chi connectivity index (χ2n) is 9.40. The van der Waals surface area contributed by atoms with Crippen LogP contribution in [0.2, 0.25) is 0 Å². The summed E-state index contributed by atoms with van der Waals surface area (Å²) in [4.78, 5) is 49.3. The van der Waals surface area contributed by atoms with E-state index in [0.717, 1.165) is 15.3 Å². The third-order valence-electron chi connectivity index (χ3n) is 6.07. The lowest BCUT2D eigenvalue weighted by atomic mass is 9.99. The minimum absolute atomic E-state index is 0.0858. The predicted octanol–water partition coefficient (Wildman–Crippen LogP) is 3.31. The van der Waals surface area contributed by atoms with Crippen LogP contribution in [0.25, 0.3) is 0 Å². The van der Waals surface area contributed by atoms with Gasteiger partial charge in [-0.05, 0) is 38.2 Å². The molecule has 0 spiro atoms. The van der Waals surface area contributed by atoms with Gasteiger partial charge in [0.05, 0.1) is 22.4 Å². The van der Waals surface area contributed by atoms with Gasteiger partial charge in [0.25, 0.3) is 0 Å². The van der Waals surface area contributed by atoms with E-state index in [1.54, 1.807) is 30.5 Å². The van der Waals surface area contributed by atoms with E-state index in [9.17, 15) is 19.5 Å². The maximum absolute atomic E-state index is 13.0. The number of thiazole rings is 2. The van der Waals surface area contributed by atoms with Crippen LogP contribution in [-0.4, -0.2) is 69.8 Å². The van der Waals surface area contributed by atoms with Gasteiger partial charge in [-0.25, -0.2) is 9.59 Å². The molecule has 1 aromatic carbocycles. The fourth-order valence-electron chi connectivity index (χ4n) is 3.93. The van der Waals surface area contributed by atoms with Gasteiger partial charge in [-0.15, -0.1) is 22.7 Å². The van der Waals surface area contributed by atoms with E-state index in [2.05, 4.69) is 25.9 Å². The number of hydrogen-bond acceptors (Lipinski definition) is 9. The van der Waals surface area contributed by atoms with E-state index < -0.39 is 18.2 Å². The average molecular weight is 589 g/mol. The molecule has 0 aliphatic carbocycles. The molecule has 0 unspecified atom stereocenters. The Hall–Kier alpha value is -3.55. The Balaban J connectivity index is 1.51. The Labute approximate surface area is 242 Å². The van der Waals surface area contributed by atoms with E-state index in [0.29, 0.717) is 25.8 Å². The SMILES string of the molecule is C[C@@H](CC[C@H](Cc1ccccc1)NC(=O)OCc1cncs1)NC(=O)[C@H](CCO)NC(=O)N(C)Cc1cncs1. The third-order valence-corrected chi connectivity index (χ3v) is 7.59. The normalized spacial score (nSPS) is 13.1. The Morgan fingerprint density at radius 3 is 2.33 bits per heavy atom. The number of amides is 4. The number of nitrogens with zero attached hydrogens (tertiary/aromatic N) is 3. The van der Waals surface area contributed by atoms with Gasteiger partial charge in [-0.2, -0.15) is 0 Å². The summed E-state index contributed by atoms with van der Waals surface area (Å²) in [7, 11) is 1.63. The minimum Gasteiger partial charge on any atom is -0.444 e. The molecule has 3 atom stereocenters. The Morgan fingerprint density at radius 2 is 1.68 bits per heavy atom. The third kappa shape index (κ3) is 10.9. The van der Waals surface area contributed by atoms with Gasteiger partial charge >= 0.3 is 12.1 Å². The zero-order valence-electron chi connectivity index (χ0n) is 22.6. The lowest BCUT2D eigenvalue weighted by molar-refractivity contribution is -0.124. The van der Waals surface area contributed by atoms with Crippen LogP contribution < -0.4 is 16.0 Å². The molecule has 3 rings (SSSR count). The van der Waals surface area contributed by atoms with Crippen molar-refractivity contribution in [1.82, 2.24) is 30.8 Å². The number of aliphatic hydroxyl groups is 1. The zero-order valence-corrected chi connectivity index (χ0v) is 24.2. The van der Waals surface area contributed by atoms with Crippen LogP contribution in [0.15, 0.2) is 53.7 Å². The van der Waals surface area contributed by atoms with Gasteiger partial charge in [-0.3, -0.25) is 14.8 Å². The summed E-state index contributed by atoms with van der Waals surface area (Å²) in [5, 5.41) is 18.1. The summed E-state index contributed by atoms with van der Waals surface area (Å²) in [5.41, 5.74) is 4.44. The number of nitrogens with one attached hydrogen (secondary N) is 3.